The Kier molecular flexibility index (Phi) is 2.28. The van der Waals surface area contributed by atoms with E-state index in [1.54, 1.807) is 0 Å². The van der Waals surface area contributed by atoms with E-state index >= 15 is 0 Å². The van der Waals surface area contributed by atoms with Crippen LogP contribution in [0.4, 0.5) is 0 Å². The lowest BCUT2D eigenvalue weighted by Gasteiger charge is -2.43. The van der Waals surface area contributed by atoms with Gasteiger partial charge in [-0.15, -0.1) is 0 Å². The Morgan fingerprint density at radius 1 is 1.38 bits per heavy atom. The minimum absolute atomic E-state index is 0.186. The van der Waals surface area contributed by atoms with Crippen LogP contribution >= 0.6 is 0 Å². The number of nitrogens with zero attached hydrogens (tertiary/aromatic N) is 1. The highest BCUT2D eigenvalue weighted by atomic mass is 16.3. The van der Waals surface area contributed by atoms with E-state index in [4.69, 9.17) is 0 Å². The molecule has 1 saturated heterocycles. The fourth-order valence-corrected chi connectivity index (χ4v) is 2.67. The maximum Gasteiger partial charge on any atom is 0.222 e. The molecule has 0 bridgehead atoms. The van der Waals surface area contributed by atoms with Crippen molar-refractivity contribution >= 4 is 5.91 Å². The zero-order chi connectivity index (χ0) is 9.42. The SMILES string of the molecule is CN1C(=O)CC[C@@H]2CC[C@H](O)C[C@@H]21. The molecule has 0 aromatic carbocycles. The Balaban J connectivity index is 2.08. The standard InChI is InChI=1S/C10H17NO2/c1-11-9-6-8(12)4-2-7(9)3-5-10(11)13/h7-9,12H,2-6H2,1H3/t7-,8-,9-/m0/s1. The number of fused-ring (bicyclic) bond motifs is 1. The van der Waals surface area contributed by atoms with Gasteiger partial charge in [-0.05, 0) is 31.6 Å². The molecule has 2 aliphatic rings. The molecule has 3 nitrogen and oxygen atoms in total. The second kappa shape index (κ2) is 3.29. The van der Waals surface area contributed by atoms with Crippen molar-refractivity contribution in [2.75, 3.05) is 7.05 Å². The normalized spacial score (nSPS) is 40.3. The van der Waals surface area contributed by atoms with Crippen molar-refractivity contribution in [1.29, 1.82) is 0 Å². The molecular weight excluding hydrogens is 166 g/mol. The van der Waals surface area contributed by atoms with Crippen molar-refractivity contribution in [3.05, 3.63) is 0 Å². The largest absolute Gasteiger partial charge is 0.393 e. The molecule has 1 heterocycles. The van der Waals surface area contributed by atoms with E-state index in [1.807, 2.05) is 11.9 Å². The van der Waals surface area contributed by atoms with Gasteiger partial charge in [-0.3, -0.25) is 4.79 Å². The third-order valence-electron chi connectivity index (χ3n) is 3.55. The van der Waals surface area contributed by atoms with Crippen LogP contribution in [0.5, 0.6) is 0 Å². The van der Waals surface area contributed by atoms with Crippen molar-refractivity contribution in [1.82, 2.24) is 4.90 Å². The van der Waals surface area contributed by atoms with Gasteiger partial charge in [0.2, 0.25) is 5.91 Å². The van der Waals surface area contributed by atoms with E-state index in [0.29, 0.717) is 18.4 Å². The Labute approximate surface area is 78.7 Å². The number of carbonyl (C=O) groups excluding carboxylic acids is 1. The Morgan fingerprint density at radius 2 is 2.15 bits per heavy atom. The maximum atomic E-state index is 11.4. The number of amides is 1. The molecule has 0 radical (unpaired) electrons. The molecule has 3 atom stereocenters. The highest BCUT2D eigenvalue weighted by Gasteiger charge is 2.37. The van der Waals surface area contributed by atoms with Crippen LogP contribution in [-0.2, 0) is 4.79 Å². The second-order valence-corrected chi connectivity index (χ2v) is 4.34. The van der Waals surface area contributed by atoms with Crippen LogP contribution in [-0.4, -0.2) is 35.1 Å². The number of likely N-dealkylation sites (tertiary alicyclic amines) is 1. The topological polar surface area (TPSA) is 40.5 Å². The number of aliphatic hydroxyl groups excluding tert-OH is 1. The molecule has 13 heavy (non-hydrogen) atoms. The summed E-state index contributed by atoms with van der Waals surface area (Å²) in [6, 6.07) is 0.310. The molecule has 0 unspecified atom stereocenters. The lowest BCUT2D eigenvalue weighted by molar-refractivity contribution is -0.139. The quantitative estimate of drug-likeness (QED) is 0.602. The van der Waals surface area contributed by atoms with Crippen LogP contribution in [0, 0.1) is 5.92 Å². The number of piperidine rings is 1. The van der Waals surface area contributed by atoms with Gasteiger partial charge >= 0.3 is 0 Å². The van der Waals surface area contributed by atoms with E-state index in [0.717, 1.165) is 25.7 Å². The number of hydrogen-bond acceptors (Lipinski definition) is 2. The van der Waals surface area contributed by atoms with Crippen LogP contribution < -0.4 is 0 Å². The summed E-state index contributed by atoms with van der Waals surface area (Å²) >= 11 is 0. The van der Waals surface area contributed by atoms with Gasteiger partial charge in [0, 0.05) is 19.5 Å². The number of rotatable bonds is 0. The van der Waals surface area contributed by atoms with Crippen LogP contribution in [0.3, 0.4) is 0 Å². The van der Waals surface area contributed by atoms with Gasteiger partial charge in [0.15, 0.2) is 0 Å². The molecule has 1 amide bonds. The van der Waals surface area contributed by atoms with Gasteiger partial charge < -0.3 is 10.0 Å². The first-order valence-electron chi connectivity index (χ1n) is 5.12. The summed E-state index contributed by atoms with van der Waals surface area (Å²) in [6.07, 6.45) is 4.34. The lowest BCUT2D eigenvalue weighted by Crippen LogP contribution is -2.50. The molecule has 0 aromatic rings. The first-order valence-corrected chi connectivity index (χ1v) is 5.12. The molecule has 1 aliphatic heterocycles. The predicted octanol–water partition coefficient (Wildman–Crippen LogP) is 0.768. The van der Waals surface area contributed by atoms with Gasteiger partial charge in [0.05, 0.1) is 6.10 Å². The fraction of sp³-hybridized carbons (Fsp3) is 0.900. The third-order valence-corrected chi connectivity index (χ3v) is 3.55. The summed E-state index contributed by atoms with van der Waals surface area (Å²) in [4.78, 5) is 13.2. The minimum atomic E-state index is -0.186. The van der Waals surface area contributed by atoms with Gasteiger partial charge in [0.1, 0.15) is 0 Å². The molecule has 3 heteroatoms. The van der Waals surface area contributed by atoms with E-state index in [-0.39, 0.29) is 12.0 Å². The smallest absolute Gasteiger partial charge is 0.222 e. The summed E-state index contributed by atoms with van der Waals surface area (Å²) in [5, 5.41) is 9.51. The van der Waals surface area contributed by atoms with Crippen molar-refractivity contribution < 1.29 is 9.90 Å². The summed E-state index contributed by atoms with van der Waals surface area (Å²) in [5.41, 5.74) is 0. The molecule has 74 valence electrons. The monoisotopic (exact) mass is 183 g/mol. The van der Waals surface area contributed by atoms with Gasteiger partial charge in [0.25, 0.3) is 0 Å². The highest BCUT2D eigenvalue weighted by Crippen LogP contribution is 2.34. The van der Waals surface area contributed by atoms with Crippen LogP contribution in [0.2, 0.25) is 0 Å². The zero-order valence-electron chi connectivity index (χ0n) is 8.07. The molecule has 1 N–H and O–H groups in total. The third kappa shape index (κ3) is 1.57. The average Bonchev–Trinajstić information content (AvgIpc) is 2.12. The molecule has 1 aliphatic carbocycles. The zero-order valence-corrected chi connectivity index (χ0v) is 8.07. The Hall–Kier alpha value is -0.570. The van der Waals surface area contributed by atoms with E-state index in [1.165, 1.54) is 0 Å². The molecule has 1 saturated carbocycles. The average molecular weight is 183 g/mol. The van der Waals surface area contributed by atoms with Crippen molar-refractivity contribution in [2.45, 2.75) is 44.2 Å². The van der Waals surface area contributed by atoms with Crippen LogP contribution in [0.1, 0.15) is 32.1 Å². The summed E-state index contributed by atoms with van der Waals surface area (Å²) in [5.74, 6) is 0.890. The fourth-order valence-electron chi connectivity index (χ4n) is 2.67. The second-order valence-electron chi connectivity index (χ2n) is 4.34. The number of carbonyl (C=O) groups is 1. The van der Waals surface area contributed by atoms with Crippen molar-refractivity contribution in [3.8, 4) is 0 Å². The van der Waals surface area contributed by atoms with Gasteiger partial charge in [-0.25, -0.2) is 0 Å². The number of hydrogen-bond donors (Lipinski definition) is 1. The van der Waals surface area contributed by atoms with Crippen molar-refractivity contribution in [2.24, 2.45) is 5.92 Å². The first kappa shape index (κ1) is 9.00. The molecule has 0 spiro atoms. The summed E-state index contributed by atoms with van der Waals surface area (Å²) in [6.45, 7) is 0. The molecular formula is C10H17NO2. The minimum Gasteiger partial charge on any atom is -0.393 e. The van der Waals surface area contributed by atoms with Crippen LogP contribution in [0.15, 0.2) is 0 Å². The Bertz CT molecular complexity index is 217. The van der Waals surface area contributed by atoms with E-state index in [9.17, 15) is 9.90 Å². The predicted molar refractivity (Wildman–Crippen MR) is 49.1 cm³/mol. The van der Waals surface area contributed by atoms with E-state index < -0.39 is 0 Å². The van der Waals surface area contributed by atoms with Gasteiger partial charge in [-0.2, -0.15) is 0 Å². The maximum absolute atomic E-state index is 11.4. The number of aliphatic hydroxyl groups is 1. The summed E-state index contributed by atoms with van der Waals surface area (Å²) < 4.78 is 0. The lowest BCUT2D eigenvalue weighted by atomic mass is 9.77. The van der Waals surface area contributed by atoms with Crippen LogP contribution in [0.25, 0.3) is 0 Å². The molecule has 2 rings (SSSR count). The first-order chi connectivity index (χ1) is 6.18. The van der Waals surface area contributed by atoms with E-state index in [2.05, 4.69) is 0 Å². The molecule has 2 fully saturated rings. The highest BCUT2D eigenvalue weighted by molar-refractivity contribution is 5.77. The summed E-state index contributed by atoms with van der Waals surface area (Å²) in [7, 11) is 1.87. The molecule has 0 aromatic heterocycles. The van der Waals surface area contributed by atoms with Crippen molar-refractivity contribution in [3.63, 3.8) is 0 Å². The van der Waals surface area contributed by atoms with Gasteiger partial charge in [-0.1, -0.05) is 0 Å². The Morgan fingerprint density at radius 3 is 2.92 bits per heavy atom.